The van der Waals surface area contributed by atoms with Gasteiger partial charge in [0.2, 0.25) is 12.7 Å². The Morgan fingerprint density at radius 1 is 1.09 bits per heavy atom. The van der Waals surface area contributed by atoms with Gasteiger partial charge >= 0.3 is 0 Å². The fourth-order valence-electron chi connectivity index (χ4n) is 4.45. The Labute approximate surface area is 196 Å². The second-order valence-corrected chi connectivity index (χ2v) is 10.2. The molecule has 1 N–H and O–H groups in total. The first-order valence-corrected chi connectivity index (χ1v) is 12.2. The molecule has 2 aromatic rings. The molecule has 0 saturated carbocycles. The topological polar surface area (TPSA) is 84.9 Å². The summed E-state index contributed by atoms with van der Waals surface area (Å²) in [5, 5.41) is 2.28. The van der Waals surface area contributed by atoms with Gasteiger partial charge in [-0.05, 0) is 48.7 Å². The van der Waals surface area contributed by atoms with E-state index in [0.29, 0.717) is 42.1 Å². The van der Waals surface area contributed by atoms with Crippen LogP contribution in [0, 0.1) is 0 Å². The first-order valence-electron chi connectivity index (χ1n) is 11.2. The van der Waals surface area contributed by atoms with E-state index < -0.39 is 5.25 Å². The molecule has 8 heteroatoms. The summed E-state index contributed by atoms with van der Waals surface area (Å²) in [5.41, 5.74) is 3.30. The van der Waals surface area contributed by atoms with Gasteiger partial charge < -0.3 is 14.8 Å². The lowest BCUT2D eigenvalue weighted by Crippen LogP contribution is -2.33. The molecule has 0 bridgehead atoms. The van der Waals surface area contributed by atoms with Crippen molar-refractivity contribution in [1.82, 2.24) is 4.90 Å². The molecule has 7 nitrogen and oxygen atoms in total. The summed E-state index contributed by atoms with van der Waals surface area (Å²) >= 11 is 1.39. The molecule has 0 spiro atoms. The van der Waals surface area contributed by atoms with Crippen LogP contribution in [0.2, 0.25) is 0 Å². The van der Waals surface area contributed by atoms with Crippen LogP contribution in [-0.4, -0.2) is 52.8 Å². The van der Waals surface area contributed by atoms with Crippen molar-refractivity contribution in [2.24, 2.45) is 0 Å². The molecule has 3 heterocycles. The Morgan fingerprint density at radius 3 is 2.52 bits per heavy atom. The van der Waals surface area contributed by atoms with Gasteiger partial charge in [-0.2, -0.15) is 0 Å². The highest BCUT2D eigenvalue weighted by Gasteiger charge is 2.33. The minimum Gasteiger partial charge on any atom is -0.454 e. The zero-order valence-electron chi connectivity index (χ0n) is 18.5. The molecule has 0 radical (unpaired) electrons. The summed E-state index contributed by atoms with van der Waals surface area (Å²) in [4.78, 5) is 39.7. The van der Waals surface area contributed by atoms with Crippen molar-refractivity contribution in [1.29, 1.82) is 0 Å². The monoisotopic (exact) mass is 466 g/mol. The highest BCUT2D eigenvalue weighted by atomic mass is 32.2. The van der Waals surface area contributed by atoms with E-state index in [1.165, 1.54) is 11.8 Å². The van der Waals surface area contributed by atoms with Crippen molar-refractivity contribution in [2.75, 3.05) is 25.2 Å². The third-order valence-corrected chi connectivity index (χ3v) is 7.67. The number of nitrogens with zero attached hydrogens (tertiary/aromatic N) is 1. The maximum Gasteiger partial charge on any atom is 0.237 e. The van der Waals surface area contributed by atoms with Crippen LogP contribution in [-0.2, 0) is 22.6 Å². The first-order chi connectivity index (χ1) is 16.0. The Kier molecular flexibility index (Phi) is 6.12. The fraction of sp³-hybridized carbons (Fsp3) is 0.400. The minimum atomic E-state index is -0.392. The van der Waals surface area contributed by atoms with Crippen molar-refractivity contribution in [2.45, 2.75) is 43.2 Å². The van der Waals surface area contributed by atoms with Gasteiger partial charge in [0.15, 0.2) is 17.3 Å². The Balaban J connectivity index is 1.25. The zero-order valence-corrected chi connectivity index (χ0v) is 19.3. The number of rotatable bonds is 4. The van der Waals surface area contributed by atoms with Crippen LogP contribution in [0.25, 0.3) is 0 Å². The molecule has 172 valence electrons. The van der Waals surface area contributed by atoms with Gasteiger partial charge in [-0.25, -0.2) is 0 Å². The lowest BCUT2D eigenvalue weighted by Gasteiger charge is -2.25. The SMILES string of the molecule is C[C@@H]1S[C@@H](C(=O)Nc2ccc(CN3CCC(=O)CC3)cc2)Cc2cc3c(cc2C1=O)OCO3. The van der Waals surface area contributed by atoms with Crippen LogP contribution in [0.5, 0.6) is 11.5 Å². The summed E-state index contributed by atoms with van der Waals surface area (Å²) in [6.45, 7) is 4.39. The second-order valence-electron chi connectivity index (χ2n) is 8.70. The van der Waals surface area contributed by atoms with E-state index in [0.717, 1.165) is 36.4 Å². The van der Waals surface area contributed by atoms with Crippen molar-refractivity contribution < 1.29 is 23.9 Å². The summed E-state index contributed by atoms with van der Waals surface area (Å²) in [5.74, 6) is 1.43. The molecular formula is C25H26N2O5S. The second kappa shape index (κ2) is 9.19. The summed E-state index contributed by atoms with van der Waals surface area (Å²) in [6.07, 6.45) is 1.70. The van der Waals surface area contributed by atoms with E-state index in [9.17, 15) is 14.4 Å². The van der Waals surface area contributed by atoms with Gasteiger partial charge in [0.25, 0.3) is 0 Å². The Hall–Kier alpha value is -2.84. The number of piperidine rings is 1. The average Bonchev–Trinajstić information content (AvgIpc) is 3.23. The van der Waals surface area contributed by atoms with Crippen molar-refractivity contribution in [3.63, 3.8) is 0 Å². The van der Waals surface area contributed by atoms with Gasteiger partial charge in [-0.1, -0.05) is 12.1 Å². The fourth-order valence-corrected chi connectivity index (χ4v) is 5.65. The molecule has 1 amide bonds. The predicted molar refractivity (Wildman–Crippen MR) is 126 cm³/mol. The quantitative estimate of drug-likeness (QED) is 0.739. The largest absolute Gasteiger partial charge is 0.454 e. The number of fused-ring (bicyclic) bond motifs is 2. The van der Waals surface area contributed by atoms with Crippen molar-refractivity contribution in [3.8, 4) is 11.5 Å². The predicted octanol–water partition coefficient (Wildman–Crippen LogP) is 3.45. The third kappa shape index (κ3) is 4.77. The Bertz CT molecular complexity index is 1090. The number of hydrogen-bond acceptors (Lipinski definition) is 7. The number of nitrogens with one attached hydrogen (secondary N) is 1. The molecule has 0 unspecified atom stereocenters. The number of ketones is 2. The lowest BCUT2D eigenvalue weighted by atomic mass is 9.97. The first kappa shape index (κ1) is 22.0. The number of amides is 1. The Morgan fingerprint density at radius 2 is 1.79 bits per heavy atom. The number of thioether (sulfide) groups is 1. The van der Waals surface area contributed by atoms with E-state index >= 15 is 0 Å². The number of Topliss-reactive ketones (excluding diaryl/α,β-unsaturated/α-hetero) is 2. The average molecular weight is 467 g/mol. The van der Waals surface area contributed by atoms with Crippen molar-refractivity contribution >= 4 is 34.9 Å². The highest BCUT2D eigenvalue weighted by molar-refractivity contribution is 8.01. The number of benzene rings is 2. The molecule has 33 heavy (non-hydrogen) atoms. The van der Waals surface area contributed by atoms with Gasteiger partial charge in [0.05, 0.1) is 10.5 Å². The summed E-state index contributed by atoms with van der Waals surface area (Å²) in [6, 6.07) is 11.4. The standard InChI is InChI=1S/C25H26N2O5S/c1-15-24(29)20-12-22-21(31-14-32-22)10-17(20)11-23(33-15)25(30)26-18-4-2-16(3-5-18)13-27-8-6-19(28)7-9-27/h2-5,10,12,15,23H,6-9,11,13-14H2,1H3,(H,26,30)/t15-,23+/m0/s1. The van der Waals surface area contributed by atoms with Crippen LogP contribution < -0.4 is 14.8 Å². The maximum absolute atomic E-state index is 13.1. The van der Waals surface area contributed by atoms with E-state index in [4.69, 9.17) is 9.47 Å². The van der Waals surface area contributed by atoms with Crippen LogP contribution in [0.3, 0.4) is 0 Å². The van der Waals surface area contributed by atoms with Crippen LogP contribution in [0.15, 0.2) is 36.4 Å². The molecule has 0 aliphatic carbocycles. The van der Waals surface area contributed by atoms with Crippen LogP contribution >= 0.6 is 11.8 Å². The van der Waals surface area contributed by atoms with E-state index in [-0.39, 0.29) is 23.7 Å². The van der Waals surface area contributed by atoms with Crippen LogP contribution in [0.1, 0.15) is 41.3 Å². The third-order valence-electron chi connectivity index (χ3n) is 6.34. The van der Waals surface area contributed by atoms with Crippen molar-refractivity contribution in [3.05, 3.63) is 53.1 Å². The van der Waals surface area contributed by atoms with Gasteiger partial charge in [0, 0.05) is 43.7 Å². The molecule has 2 atom stereocenters. The number of carbonyl (C=O) groups is 3. The minimum absolute atomic E-state index is 0.00682. The normalized spacial score (nSPS) is 22.6. The summed E-state index contributed by atoms with van der Waals surface area (Å²) in [7, 11) is 0. The molecule has 1 fully saturated rings. The number of ether oxygens (including phenoxy) is 2. The highest BCUT2D eigenvalue weighted by Crippen LogP contribution is 2.39. The van der Waals surface area contributed by atoms with Gasteiger partial charge in [-0.15, -0.1) is 11.8 Å². The summed E-state index contributed by atoms with van der Waals surface area (Å²) < 4.78 is 10.9. The number of hydrogen-bond donors (Lipinski definition) is 1. The molecule has 1 saturated heterocycles. The smallest absolute Gasteiger partial charge is 0.237 e. The van der Waals surface area contributed by atoms with Crippen LogP contribution in [0.4, 0.5) is 5.69 Å². The van der Waals surface area contributed by atoms with Gasteiger partial charge in [0.1, 0.15) is 5.78 Å². The number of anilines is 1. The van der Waals surface area contributed by atoms with E-state index in [1.54, 1.807) is 6.07 Å². The van der Waals surface area contributed by atoms with E-state index in [2.05, 4.69) is 10.2 Å². The number of carbonyl (C=O) groups excluding carboxylic acids is 3. The van der Waals surface area contributed by atoms with Gasteiger partial charge in [-0.3, -0.25) is 19.3 Å². The molecular weight excluding hydrogens is 440 g/mol. The van der Waals surface area contributed by atoms with E-state index in [1.807, 2.05) is 37.3 Å². The molecule has 3 aliphatic rings. The maximum atomic E-state index is 13.1. The molecule has 3 aliphatic heterocycles. The zero-order chi connectivity index (χ0) is 22.9. The molecule has 5 rings (SSSR count). The molecule has 2 aromatic carbocycles. The lowest BCUT2D eigenvalue weighted by molar-refractivity contribution is -0.121. The molecule has 0 aromatic heterocycles. The number of likely N-dealkylation sites (tertiary alicyclic amines) is 1.